The normalized spacial score (nSPS) is 15.2. The van der Waals surface area contributed by atoms with E-state index in [-0.39, 0.29) is 42.6 Å². The minimum Gasteiger partial charge on any atom is -0.361 e. The molecule has 162 valence electrons. The standard InChI is InChI=1S/C20H26N4O5S/c1-15-18(16(2)29-22-15)14-21-19(25)8-9-20(26)23-10-12-24(13-11-23)30(27,28)17-6-4-3-5-7-17/h3-7H,8-14H2,1-2H3,(H,21,25). The van der Waals surface area contributed by atoms with E-state index in [0.717, 1.165) is 11.3 Å². The van der Waals surface area contributed by atoms with Crippen molar-refractivity contribution in [1.29, 1.82) is 0 Å². The molecular formula is C20H26N4O5S. The van der Waals surface area contributed by atoms with Crippen molar-refractivity contribution in [3.8, 4) is 0 Å². The molecule has 10 heteroatoms. The van der Waals surface area contributed by atoms with Gasteiger partial charge in [-0.05, 0) is 26.0 Å². The van der Waals surface area contributed by atoms with Gasteiger partial charge in [0, 0.05) is 51.1 Å². The lowest BCUT2D eigenvalue weighted by Gasteiger charge is -2.34. The van der Waals surface area contributed by atoms with E-state index < -0.39 is 10.0 Å². The largest absolute Gasteiger partial charge is 0.361 e. The molecular weight excluding hydrogens is 408 g/mol. The van der Waals surface area contributed by atoms with E-state index in [1.54, 1.807) is 49.1 Å². The summed E-state index contributed by atoms with van der Waals surface area (Å²) in [6.45, 7) is 4.99. The van der Waals surface area contributed by atoms with Crippen molar-refractivity contribution in [3.63, 3.8) is 0 Å². The minimum atomic E-state index is -3.55. The van der Waals surface area contributed by atoms with E-state index in [9.17, 15) is 18.0 Å². The molecule has 30 heavy (non-hydrogen) atoms. The molecule has 2 heterocycles. The highest BCUT2D eigenvalue weighted by molar-refractivity contribution is 7.89. The van der Waals surface area contributed by atoms with E-state index >= 15 is 0 Å². The van der Waals surface area contributed by atoms with Gasteiger partial charge in [-0.2, -0.15) is 4.31 Å². The number of sulfonamides is 1. The summed E-state index contributed by atoms with van der Waals surface area (Å²) in [5, 5.41) is 6.61. The van der Waals surface area contributed by atoms with Crippen LogP contribution in [0.25, 0.3) is 0 Å². The first-order chi connectivity index (χ1) is 14.3. The molecule has 0 atom stereocenters. The third-order valence-corrected chi connectivity index (χ3v) is 7.09. The summed E-state index contributed by atoms with van der Waals surface area (Å²) < 4.78 is 31.8. The summed E-state index contributed by atoms with van der Waals surface area (Å²) in [7, 11) is -3.55. The average molecular weight is 435 g/mol. The van der Waals surface area contributed by atoms with Crippen LogP contribution in [0.4, 0.5) is 0 Å². The van der Waals surface area contributed by atoms with Crippen LogP contribution in [0.3, 0.4) is 0 Å². The molecule has 1 saturated heterocycles. The van der Waals surface area contributed by atoms with Crippen molar-refractivity contribution in [2.75, 3.05) is 26.2 Å². The van der Waals surface area contributed by atoms with Crippen LogP contribution in [0.5, 0.6) is 0 Å². The summed E-state index contributed by atoms with van der Waals surface area (Å²) in [5.74, 6) is 0.278. The molecule has 1 N–H and O–H groups in total. The first-order valence-corrected chi connectivity index (χ1v) is 11.2. The van der Waals surface area contributed by atoms with Crippen molar-refractivity contribution in [2.24, 2.45) is 0 Å². The van der Waals surface area contributed by atoms with Gasteiger partial charge in [0.15, 0.2) is 0 Å². The lowest BCUT2D eigenvalue weighted by atomic mass is 10.2. The van der Waals surface area contributed by atoms with Gasteiger partial charge in [-0.25, -0.2) is 8.42 Å². The SMILES string of the molecule is Cc1noc(C)c1CNC(=O)CCC(=O)N1CCN(S(=O)(=O)c2ccccc2)CC1. The van der Waals surface area contributed by atoms with Gasteiger partial charge in [-0.3, -0.25) is 9.59 Å². The van der Waals surface area contributed by atoms with Gasteiger partial charge in [-0.1, -0.05) is 23.4 Å². The monoisotopic (exact) mass is 434 g/mol. The Bertz CT molecular complexity index is 976. The number of carbonyl (C=O) groups is 2. The molecule has 0 saturated carbocycles. The van der Waals surface area contributed by atoms with Crippen LogP contribution in [0.2, 0.25) is 0 Å². The number of piperazine rings is 1. The molecule has 3 rings (SSSR count). The van der Waals surface area contributed by atoms with Crippen molar-refractivity contribution < 1.29 is 22.5 Å². The lowest BCUT2D eigenvalue weighted by molar-refractivity contribution is -0.134. The molecule has 0 bridgehead atoms. The minimum absolute atomic E-state index is 0.0741. The number of hydrogen-bond donors (Lipinski definition) is 1. The molecule has 0 aliphatic carbocycles. The highest BCUT2D eigenvalue weighted by Gasteiger charge is 2.30. The number of rotatable bonds is 7. The Labute approximate surface area is 176 Å². The van der Waals surface area contributed by atoms with E-state index in [1.165, 1.54) is 4.31 Å². The number of carbonyl (C=O) groups excluding carboxylic acids is 2. The van der Waals surface area contributed by atoms with Crippen molar-refractivity contribution in [3.05, 3.63) is 47.3 Å². The number of amides is 2. The van der Waals surface area contributed by atoms with Gasteiger partial charge >= 0.3 is 0 Å². The van der Waals surface area contributed by atoms with Gasteiger partial charge in [0.1, 0.15) is 5.76 Å². The quantitative estimate of drug-likeness (QED) is 0.701. The van der Waals surface area contributed by atoms with E-state index in [1.807, 2.05) is 0 Å². The summed E-state index contributed by atoms with van der Waals surface area (Å²) in [4.78, 5) is 26.4. The molecule has 1 aromatic heterocycles. The second-order valence-electron chi connectivity index (χ2n) is 7.18. The Morgan fingerprint density at radius 1 is 1.07 bits per heavy atom. The van der Waals surface area contributed by atoms with Crippen LogP contribution >= 0.6 is 0 Å². The van der Waals surface area contributed by atoms with E-state index in [4.69, 9.17) is 4.52 Å². The van der Waals surface area contributed by atoms with E-state index in [2.05, 4.69) is 10.5 Å². The third kappa shape index (κ3) is 5.06. The second kappa shape index (κ2) is 9.40. The zero-order valence-corrected chi connectivity index (χ0v) is 17.9. The molecule has 0 unspecified atom stereocenters. The Kier molecular flexibility index (Phi) is 6.88. The first-order valence-electron chi connectivity index (χ1n) is 9.80. The van der Waals surface area contributed by atoms with Crippen molar-refractivity contribution in [2.45, 2.75) is 38.1 Å². The maximum atomic E-state index is 12.7. The highest BCUT2D eigenvalue weighted by atomic mass is 32.2. The second-order valence-corrected chi connectivity index (χ2v) is 9.12. The molecule has 2 amide bonds. The van der Waals surface area contributed by atoms with Gasteiger partial charge in [0.2, 0.25) is 21.8 Å². The van der Waals surface area contributed by atoms with Crippen LogP contribution in [0.1, 0.15) is 29.9 Å². The highest BCUT2D eigenvalue weighted by Crippen LogP contribution is 2.17. The smallest absolute Gasteiger partial charge is 0.243 e. The zero-order chi connectivity index (χ0) is 21.7. The van der Waals surface area contributed by atoms with Gasteiger partial charge < -0.3 is 14.7 Å². The maximum absolute atomic E-state index is 12.7. The van der Waals surface area contributed by atoms with Gasteiger partial charge in [0.25, 0.3) is 0 Å². The molecule has 1 fully saturated rings. The fraction of sp³-hybridized carbons (Fsp3) is 0.450. The van der Waals surface area contributed by atoms with Crippen LogP contribution < -0.4 is 5.32 Å². The topological polar surface area (TPSA) is 113 Å². The molecule has 2 aromatic rings. The number of nitrogens with zero attached hydrogens (tertiary/aromatic N) is 3. The van der Waals surface area contributed by atoms with Crippen LogP contribution in [-0.2, 0) is 26.2 Å². The number of nitrogens with one attached hydrogen (secondary N) is 1. The predicted molar refractivity (Wildman–Crippen MR) is 109 cm³/mol. The number of hydrogen-bond acceptors (Lipinski definition) is 6. The fourth-order valence-corrected chi connectivity index (χ4v) is 4.77. The summed E-state index contributed by atoms with van der Waals surface area (Å²) in [5.41, 5.74) is 1.57. The van der Waals surface area contributed by atoms with Gasteiger partial charge in [-0.15, -0.1) is 0 Å². The number of aromatic nitrogens is 1. The molecule has 1 aliphatic rings. The molecule has 0 spiro atoms. The molecule has 0 radical (unpaired) electrons. The molecule has 1 aromatic carbocycles. The van der Waals surface area contributed by atoms with Crippen LogP contribution in [-0.4, -0.2) is 60.8 Å². The Morgan fingerprint density at radius 3 is 2.33 bits per heavy atom. The summed E-state index contributed by atoms with van der Waals surface area (Å²) in [6.07, 6.45) is 0.156. The van der Waals surface area contributed by atoms with Crippen molar-refractivity contribution in [1.82, 2.24) is 19.7 Å². The van der Waals surface area contributed by atoms with Crippen molar-refractivity contribution >= 4 is 21.8 Å². The van der Waals surface area contributed by atoms with Gasteiger partial charge in [0.05, 0.1) is 10.6 Å². The van der Waals surface area contributed by atoms with Crippen LogP contribution in [0.15, 0.2) is 39.8 Å². The summed E-state index contributed by atoms with van der Waals surface area (Å²) >= 11 is 0. The third-order valence-electron chi connectivity index (χ3n) is 5.18. The van der Waals surface area contributed by atoms with Crippen LogP contribution in [0, 0.1) is 13.8 Å². The zero-order valence-electron chi connectivity index (χ0n) is 17.1. The lowest BCUT2D eigenvalue weighted by Crippen LogP contribution is -2.50. The Hall–Kier alpha value is -2.72. The first kappa shape index (κ1) is 22.0. The Morgan fingerprint density at radius 2 is 1.73 bits per heavy atom. The fourth-order valence-electron chi connectivity index (χ4n) is 3.33. The number of aryl methyl sites for hydroxylation is 2. The molecule has 9 nitrogen and oxygen atoms in total. The van der Waals surface area contributed by atoms with E-state index in [0.29, 0.717) is 25.4 Å². The average Bonchev–Trinajstić information content (AvgIpc) is 3.08. The predicted octanol–water partition coefficient (Wildman–Crippen LogP) is 1.22. The molecule has 1 aliphatic heterocycles. The summed E-state index contributed by atoms with van der Waals surface area (Å²) in [6, 6.07) is 8.26. The number of benzene rings is 1. The maximum Gasteiger partial charge on any atom is 0.243 e. The Balaban J connectivity index is 1.43.